The van der Waals surface area contributed by atoms with Crippen LogP contribution in [0.3, 0.4) is 0 Å². The Hall–Kier alpha value is -1.26. The molecular formula is C16H18Cl2N4O3S2. The third-order valence-electron chi connectivity index (χ3n) is 4.53. The molecule has 1 aliphatic heterocycles. The Bertz CT molecular complexity index is 969. The summed E-state index contributed by atoms with van der Waals surface area (Å²) in [6.45, 7) is 4.29. The van der Waals surface area contributed by atoms with Crippen molar-refractivity contribution in [3.8, 4) is 0 Å². The van der Waals surface area contributed by atoms with E-state index in [1.165, 1.54) is 0 Å². The van der Waals surface area contributed by atoms with Gasteiger partial charge in [0.15, 0.2) is 0 Å². The highest BCUT2D eigenvalue weighted by molar-refractivity contribution is 7.92. The minimum Gasteiger partial charge on any atom is -0.343 e. The van der Waals surface area contributed by atoms with Crippen LogP contribution in [0.1, 0.15) is 24.8 Å². The van der Waals surface area contributed by atoms with Gasteiger partial charge >= 0.3 is 0 Å². The van der Waals surface area contributed by atoms with Crippen LogP contribution in [0, 0.1) is 0 Å². The SMILES string of the molecule is C=CS(=O)(=O)NC1CCN(C(=O)CCc2c(Cl)cc(Cl)c3nsnc23)CC1. The third-order valence-corrected chi connectivity index (χ3v) is 6.78. The second-order valence-corrected chi connectivity index (χ2v) is 9.27. The van der Waals surface area contributed by atoms with Crippen molar-refractivity contribution in [2.75, 3.05) is 13.1 Å². The number of likely N-dealkylation sites (tertiary alicyclic amines) is 1. The maximum Gasteiger partial charge on any atom is 0.233 e. The molecule has 0 aliphatic carbocycles. The van der Waals surface area contributed by atoms with Crippen LogP contribution in [0.15, 0.2) is 18.1 Å². The molecule has 27 heavy (non-hydrogen) atoms. The summed E-state index contributed by atoms with van der Waals surface area (Å²) in [7, 11) is -3.45. The molecule has 2 heterocycles. The van der Waals surface area contributed by atoms with E-state index in [-0.39, 0.29) is 18.4 Å². The average Bonchev–Trinajstić information content (AvgIpc) is 3.12. The maximum absolute atomic E-state index is 12.5. The molecule has 1 fully saturated rings. The fourth-order valence-corrected chi connectivity index (χ4v) is 5.10. The van der Waals surface area contributed by atoms with Gasteiger partial charge in [-0.2, -0.15) is 8.75 Å². The highest BCUT2D eigenvalue weighted by Crippen LogP contribution is 2.32. The molecule has 0 radical (unpaired) electrons. The molecule has 1 aliphatic rings. The number of carbonyl (C=O) groups excluding carboxylic acids is 1. The standard InChI is InChI=1S/C16H18Cl2N4O3S2/c1-2-27(24,25)21-10-5-7-22(8-6-10)14(23)4-3-11-12(17)9-13(18)16-15(11)19-26-20-16/h2,9-10,21H,1,3-8H2. The Morgan fingerprint density at radius 1 is 1.30 bits per heavy atom. The van der Waals surface area contributed by atoms with Gasteiger partial charge in [0, 0.05) is 41.5 Å². The van der Waals surface area contributed by atoms with Gasteiger partial charge in [0.2, 0.25) is 15.9 Å². The number of hydrogen-bond acceptors (Lipinski definition) is 6. The van der Waals surface area contributed by atoms with Crippen LogP contribution in [-0.2, 0) is 21.2 Å². The number of aryl methyl sites for hydroxylation is 1. The first-order chi connectivity index (χ1) is 12.8. The molecule has 146 valence electrons. The lowest BCUT2D eigenvalue weighted by molar-refractivity contribution is -0.132. The number of hydrogen-bond donors (Lipinski definition) is 1. The first kappa shape index (κ1) is 20.5. The number of rotatable bonds is 6. The summed E-state index contributed by atoms with van der Waals surface area (Å²) in [4.78, 5) is 14.3. The topological polar surface area (TPSA) is 92.3 Å². The Balaban J connectivity index is 1.58. The van der Waals surface area contributed by atoms with Crippen molar-refractivity contribution in [1.29, 1.82) is 0 Å². The van der Waals surface area contributed by atoms with Gasteiger partial charge in [-0.25, -0.2) is 13.1 Å². The first-order valence-corrected chi connectivity index (χ1v) is 11.4. The number of nitrogens with one attached hydrogen (secondary N) is 1. The van der Waals surface area contributed by atoms with E-state index in [2.05, 4.69) is 20.0 Å². The number of fused-ring (bicyclic) bond motifs is 1. The predicted molar refractivity (Wildman–Crippen MR) is 108 cm³/mol. The van der Waals surface area contributed by atoms with Crippen LogP contribution in [-0.4, -0.2) is 47.1 Å². The van der Waals surface area contributed by atoms with Crippen molar-refractivity contribution in [3.05, 3.63) is 33.7 Å². The largest absolute Gasteiger partial charge is 0.343 e. The molecule has 3 rings (SSSR count). The number of carbonyl (C=O) groups is 1. The quantitative estimate of drug-likeness (QED) is 0.732. The molecular weight excluding hydrogens is 431 g/mol. The van der Waals surface area contributed by atoms with Crippen LogP contribution in [0.2, 0.25) is 10.0 Å². The summed E-state index contributed by atoms with van der Waals surface area (Å²) in [5.74, 6) is 0.00221. The molecule has 2 aromatic rings. The van der Waals surface area contributed by atoms with E-state index in [0.717, 1.165) is 22.7 Å². The van der Waals surface area contributed by atoms with Gasteiger partial charge in [0.05, 0.1) is 16.8 Å². The van der Waals surface area contributed by atoms with Crippen LogP contribution in [0.4, 0.5) is 0 Å². The first-order valence-electron chi connectivity index (χ1n) is 8.32. The smallest absolute Gasteiger partial charge is 0.233 e. The summed E-state index contributed by atoms with van der Waals surface area (Å²) in [6.07, 6.45) is 1.87. The number of aromatic nitrogens is 2. The van der Waals surface area contributed by atoms with Gasteiger partial charge in [0.1, 0.15) is 11.0 Å². The van der Waals surface area contributed by atoms with Crippen molar-refractivity contribution in [2.24, 2.45) is 0 Å². The van der Waals surface area contributed by atoms with Gasteiger partial charge in [-0.05, 0) is 25.3 Å². The number of piperidine rings is 1. The van der Waals surface area contributed by atoms with E-state index in [0.29, 0.717) is 53.4 Å². The lowest BCUT2D eigenvalue weighted by Crippen LogP contribution is -2.46. The number of halogens is 2. The van der Waals surface area contributed by atoms with Crippen molar-refractivity contribution in [3.63, 3.8) is 0 Å². The lowest BCUT2D eigenvalue weighted by atomic mass is 10.0. The van der Waals surface area contributed by atoms with Crippen LogP contribution in [0.25, 0.3) is 11.0 Å². The monoisotopic (exact) mass is 448 g/mol. The van der Waals surface area contributed by atoms with Gasteiger partial charge in [-0.15, -0.1) is 0 Å². The van der Waals surface area contributed by atoms with E-state index in [1.807, 2.05) is 0 Å². The molecule has 1 amide bonds. The van der Waals surface area contributed by atoms with Crippen molar-refractivity contribution in [2.45, 2.75) is 31.7 Å². The molecule has 1 aromatic heterocycles. The number of benzene rings is 1. The Kier molecular flexibility index (Phi) is 6.37. The Morgan fingerprint density at radius 3 is 2.63 bits per heavy atom. The second-order valence-electron chi connectivity index (χ2n) is 6.26. The van der Waals surface area contributed by atoms with E-state index in [9.17, 15) is 13.2 Å². The zero-order chi connectivity index (χ0) is 19.6. The van der Waals surface area contributed by atoms with Gasteiger partial charge in [0.25, 0.3) is 0 Å². The Morgan fingerprint density at radius 2 is 1.96 bits per heavy atom. The summed E-state index contributed by atoms with van der Waals surface area (Å²) in [5.41, 5.74) is 2.01. The minimum atomic E-state index is -3.45. The fourth-order valence-electron chi connectivity index (χ4n) is 3.08. The fraction of sp³-hybridized carbons (Fsp3) is 0.438. The molecule has 0 unspecified atom stereocenters. The zero-order valence-electron chi connectivity index (χ0n) is 14.3. The average molecular weight is 449 g/mol. The Labute approximate surface area is 171 Å². The molecule has 0 saturated carbocycles. The predicted octanol–water partition coefficient (Wildman–Crippen LogP) is 2.98. The van der Waals surface area contributed by atoms with E-state index in [4.69, 9.17) is 23.2 Å². The molecule has 1 saturated heterocycles. The molecule has 1 aromatic carbocycles. The zero-order valence-corrected chi connectivity index (χ0v) is 17.5. The number of sulfonamides is 1. The maximum atomic E-state index is 12.5. The van der Waals surface area contributed by atoms with E-state index < -0.39 is 10.0 Å². The second kappa shape index (κ2) is 8.40. The van der Waals surface area contributed by atoms with Crippen LogP contribution < -0.4 is 4.72 Å². The summed E-state index contributed by atoms with van der Waals surface area (Å²) < 4.78 is 34.1. The molecule has 11 heteroatoms. The van der Waals surface area contributed by atoms with Gasteiger partial charge in [-0.3, -0.25) is 4.79 Å². The normalized spacial score (nSPS) is 16.0. The molecule has 7 nitrogen and oxygen atoms in total. The molecule has 1 N–H and O–H groups in total. The van der Waals surface area contributed by atoms with Crippen molar-refractivity contribution < 1.29 is 13.2 Å². The summed E-state index contributed by atoms with van der Waals surface area (Å²) >= 11 is 13.5. The van der Waals surface area contributed by atoms with Gasteiger partial charge in [-0.1, -0.05) is 29.8 Å². The number of amides is 1. The lowest BCUT2D eigenvalue weighted by Gasteiger charge is -2.32. The highest BCUT2D eigenvalue weighted by atomic mass is 35.5. The highest BCUT2D eigenvalue weighted by Gasteiger charge is 2.25. The van der Waals surface area contributed by atoms with E-state index in [1.54, 1.807) is 11.0 Å². The van der Waals surface area contributed by atoms with Gasteiger partial charge < -0.3 is 4.90 Å². The van der Waals surface area contributed by atoms with Crippen LogP contribution in [0.5, 0.6) is 0 Å². The summed E-state index contributed by atoms with van der Waals surface area (Å²) in [5, 5.41) is 1.82. The minimum absolute atomic E-state index is 0.00221. The van der Waals surface area contributed by atoms with E-state index >= 15 is 0 Å². The molecule has 0 bridgehead atoms. The molecule has 0 spiro atoms. The number of nitrogens with zero attached hydrogens (tertiary/aromatic N) is 3. The molecule has 0 atom stereocenters. The van der Waals surface area contributed by atoms with Crippen molar-refractivity contribution in [1.82, 2.24) is 18.4 Å². The third kappa shape index (κ3) is 4.78. The summed E-state index contributed by atoms with van der Waals surface area (Å²) in [6, 6.07) is 1.45. The van der Waals surface area contributed by atoms with Crippen LogP contribution >= 0.6 is 34.9 Å². The van der Waals surface area contributed by atoms with Crippen molar-refractivity contribution >= 4 is 61.9 Å².